The fraction of sp³-hybridized carbons (Fsp3) is 0.238. The monoisotopic (exact) mass is 307 g/mol. The first-order chi connectivity index (χ1) is 11.2. The van der Waals surface area contributed by atoms with Gasteiger partial charge in [0.2, 0.25) is 0 Å². The first-order valence-corrected chi connectivity index (χ1v) is 7.96. The van der Waals surface area contributed by atoms with Gasteiger partial charge in [-0.15, -0.1) is 0 Å². The van der Waals surface area contributed by atoms with Crippen LogP contribution in [0.25, 0.3) is 0 Å². The van der Waals surface area contributed by atoms with E-state index in [-0.39, 0.29) is 12.6 Å². The van der Waals surface area contributed by atoms with E-state index in [1.807, 2.05) is 18.2 Å². The summed E-state index contributed by atoms with van der Waals surface area (Å²) < 4.78 is 0. The molecule has 2 aliphatic carbocycles. The van der Waals surface area contributed by atoms with Crippen LogP contribution in [0.2, 0.25) is 0 Å². The molecule has 2 heteroatoms. The van der Waals surface area contributed by atoms with Gasteiger partial charge in [0, 0.05) is 19.0 Å². The highest BCUT2D eigenvalue weighted by molar-refractivity contribution is 5.38. The predicted molar refractivity (Wildman–Crippen MR) is 98.8 cm³/mol. The molecule has 0 aliphatic heterocycles. The first-order valence-electron chi connectivity index (χ1n) is 7.96. The molecule has 2 rings (SSSR count). The third-order valence-electron chi connectivity index (χ3n) is 3.95. The van der Waals surface area contributed by atoms with E-state index in [0.717, 1.165) is 30.7 Å². The molecule has 0 spiro atoms. The molecule has 0 amide bonds. The number of allylic oxidation sites excluding steroid dienone is 11. The van der Waals surface area contributed by atoms with Gasteiger partial charge in [0.1, 0.15) is 0 Å². The Hall–Kier alpha value is -2.16. The smallest absolute Gasteiger partial charge is 0.0959 e. The van der Waals surface area contributed by atoms with Crippen LogP contribution in [0.3, 0.4) is 0 Å². The van der Waals surface area contributed by atoms with Crippen LogP contribution in [0, 0.1) is 5.92 Å². The van der Waals surface area contributed by atoms with E-state index in [2.05, 4.69) is 66.7 Å². The Kier molecular flexibility index (Phi) is 6.79. The zero-order valence-corrected chi connectivity index (χ0v) is 13.6. The Morgan fingerprint density at radius 1 is 1.09 bits per heavy atom. The molecule has 0 saturated carbocycles. The summed E-state index contributed by atoms with van der Waals surface area (Å²) in [6.07, 6.45) is 23.6. The molecule has 0 saturated heterocycles. The summed E-state index contributed by atoms with van der Waals surface area (Å²) in [7, 11) is 0. The van der Waals surface area contributed by atoms with Gasteiger partial charge in [0.15, 0.2) is 0 Å². The van der Waals surface area contributed by atoms with Gasteiger partial charge in [-0.25, -0.2) is 0 Å². The highest BCUT2D eigenvalue weighted by Crippen LogP contribution is 2.16. The summed E-state index contributed by atoms with van der Waals surface area (Å²) in [6, 6.07) is 0. The highest BCUT2D eigenvalue weighted by Gasteiger charge is 2.11. The number of nitrogens with zero attached hydrogens (tertiary/aromatic N) is 1. The summed E-state index contributed by atoms with van der Waals surface area (Å²) in [5.41, 5.74) is 3.52. The van der Waals surface area contributed by atoms with Crippen LogP contribution in [-0.2, 0) is 0 Å². The fourth-order valence-corrected chi connectivity index (χ4v) is 2.62. The van der Waals surface area contributed by atoms with E-state index in [9.17, 15) is 5.11 Å². The lowest BCUT2D eigenvalue weighted by Crippen LogP contribution is -2.31. The number of aliphatic hydroxyl groups excluding tert-OH is 1. The third-order valence-corrected chi connectivity index (χ3v) is 3.95. The Labute approximate surface area is 139 Å². The average Bonchev–Trinajstić information content (AvgIpc) is 2.94. The van der Waals surface area contributed by atoms with Crippen molar-refractivity contribution in [1.82, 2.24) is 4.90 Å². The maximum atomic E-state index is 9.70. The molecule has 0 fully saturated rings. The molecule has 0 aromatic rings. The molecule has 0 bridgehead atoms. The molecule has 120 valence electrons. The van der Waals surface area contributed by atoms with Gasteiger partial charge >= 0.3 is 0 Å². The SMILES string of the molecule is C=CC1=CC=CC(CN(CO)CC2=CC=C(C=C)C=CC2)C=C1. The summed E-state index contributed by atoms with van der Waals surface area (Å²) in [4.78, 5) is 2.06. The third kappa shape index (κ3) is 5.51. The normalized spacial score (nSPS) is 20.4. The van der Waals surface area contributed by atoms with E-state index < -0.39 is 0 Å². The number of aliphatic hydroxyl groups is 1. The number of hydrogen-bond acceptors (Lipinski definition) is 2. The topological polar surface area (TPSA) is 23.5 Å². The summed E-state index contributed by atoms with van der Waals surface area (Å²) >= 11 is 0. The van der Waals surface area contributed by atoms with E-state index in [1.165, 1.54) is 5.57 Å². The van der Waals surface area contributed by atoms with Crippen LogP contribution in [-0.4, -0.2) is 29.8 Å². The molecule has 1 atom stereocenters. The molecular formula is C21H25NO. The van der Waals surface area contributed by atoms with Gasteiger partial charge in [-0.1, -0.05) is 85.6 Å². The van der Waals surface area contributed by atoms with E-state index in [0.29, 0.717) is 0 Å². The van der Waals surface area contributed by atoms with Gasteiger partial charge in [-0.05, 0) is 17.6 Å². The minimum absolute atomic E-state index is 0.0546. The quantitative estimate of drug-likeness (QED) is 0.716. The molecule has 0 radical (unpaired) electrons. The average molecular weight is 307 g/mol. The fourth-order valence-electron chi connectivity index (χ4n) is 2.62. The first kappa shape index (κ1) is 17.2. The van der Waals surface area contributed by atoms with Crippen molar-refractivity contribution < 1.29 is 5.11 Å². The summed E-state index contributed by atoms with van der Waals surface area (Å²) in [5.74, 6) is 0.289. The number of hydrogen-bond donors (Lipinski definition) is 1. The molecule has 0 heterocycles. The lowest BCUT2D eigenvalue weighted by atomic mass is 10.1. The van der Waals surface area contributed by atoms with Crippen molar-refractivity contribution in [1.29, 1.82) is 0 Å². The molecule has 1 unspecified atom stereocenters. The summed E-state index contributed by atoms with van der Waals surface area (Å²) in [5, 5.41) is 9.70. The second-order valence-electron chi connectivity index (χ2n) is 5.73. The van der Waals surface area contributed by atoms with Crippen LogP contribution in [0.15, 0.2) is 96.7 Å². The number of rotatable bonds is 7. The largest absolute Gasteiger partial charge is 0.381 e. The van der Waals surface area contributed by atoms with Crippen molar-refractivity contribution in [3.8, 4) is 0 Å². The van der Waals surface area contributed by atoms with Gasteiger partial charge in [-0.2, -0.15) is 0 Å². The van der Waals surface area contributed by atoms with Crippen LogP contribution < -0.4 is 0 Å². The Morgan fingerprint density at radius 3 is 2.61 bits per heavy atom. The van der Waals surface area contributed by atoms with Crippen molar-refractivity contribution >= 4 is 0 Å². The zero-order valence-electron chi connectivity index (χ0n) is 13.6. The molecule has 0 aromatic carbocycles. The lowest BCUT2D eigenvalue weighted by Gasteiger charge is -2.23. The van der Waals surface area contributed by atoms with E-state index in [4.69, 9.17) is 0 Å². The highest BCUT2D eigenvalue weighted by atomic mass is 16.3. The molecule has 2 aliphatic rings. The van der Waals surface area contributed by atoms with Crippen LogP contribution in [0.1, 0.15) is 6.42 Å². The Bertz CT molecular complexity index is 614. The molecule has 0 aromatic heterocycles. The second-order valence-corrected chi connectivity index (χ2v) is 5.73. The van der Waals surface area contributed by atoms with Crippen molar-refractivity contribution in [2.24, 2.45) is 5.92 Å². The van der Waals surface area contributed by atoms with Gasteiger partial charge in [0.05, 0.1) is 6.73 Å². The maximum absolute atomic E-state index is 9.70. The van der Waals surface area contributed by atoms with Crippen molar-refractivity contribution in [2.75, 3.05) is 19.8 Å². The molecule has 1 N–H and O–H groups in total. The van der Waals surface area contributed by atoms with Crippen LogP contribution in [0.5, 0.6) is 0 Å². The minimum Gasteiger partial charge on any atom is -0.381 e. The Balaban J connectivity index is 1.97. The van der Waals surface area contributed by atoms with Crippen LogP contribution >= 0.6 is 0 Å². The summed E-state index contributed by atoms with van der Waals surface area (Å²) in [6.45, 7) is 9.21. The zero-order chi connectivity index (χ0) is 16.5. The van der Waals surface area contributed by atoms with E-state index >= 15 is 0 Å². The van der Waals surface area contributed by atoms with Crippen molar-refractivity contribution in [3.05, 3.63) is 96.7 Å². The van der Waals surface area contributed by atoms with Crippen molar-refractivity contribution in [3.63, 3.8) is 0 Å². The Morgan fingerprint density at radius 2 is 1.87 bits per heavy atom. The van der Waals surface area contributed by atoms with Gasteiger partial charge in [0.25, 0.3) is 0 Å². The van der Waals surface area contributed by atoms with Crippen molar-refractivity contribution in [2.45, 2.75) is 6.42 Å². The minimum atomic E-state index is 0.0546. The molecule has 2 nitrogen and oxygen atoms in total. The predicted octanol–water partition coefficient (Wildman–Crippen LogP) is 4.09. The molecule has 23 heavy (non-hydrogen) atoms. The van der Waals surface area contributed by atoms with Crippen LogP contribution in [0.4, 0.5) is 0 Å². The maximum Gasteiger partial charge on any atom is 0.0959 e. The van der Waals surface area contributed by atoms with Gasteiger partial charge < -0.3 is 5.11 Å². The lowest BCUT2D eigenvalue weighted by molar-refractivity contribution is 0.111. The standard InChI is InChI=1S/C21H25NO/c1-3-18-7-5-9-20(13-11-18)15-22(17-23)16-21-10-6-8-19(4-2)12-14-21/h3-9,11-14,20,23H,1-2,10,15-17H2. The molecular weight excluding hydrogens is 282 g/mol. The second kappa shape index (κ2) is 9.09. The van der Waals surface area contributed by atoms with E-state index in [1.54, 1.807) is 0 Å². The van der Waals surface area contributed by atoms with Gasteiger partial charge in [-0.3, -0.25) is 4.90 Å².